The Balaban J connectivity index is 1.54. The van der Waals surface area contributed by atoms with Crippen molar-refractivity contribution in [2.24, 2.45) is 5.92 Å². The summed E-state index contributed by atoms with van der Waals surface area (Å²) in [4.78, 5) is 18.3. The second-order valence-electron chi connectivity index (χ2n) is 5.83. The average molecular weight is 299 g/mol. The van der Waals surface area contributed by atoms with Gasteiger partial charge >= 0.3 is 0 Å². The fourth-order valence-electron chi connectivity index (χ4n) is 2.93. The third-order valence-corrected chi connectivity index (χ3v) is 4.31. The van der Waals surface area contributed by atoms with Crippen LogP contribution in [-0.2, 0) is 12.8 Å². The van der Waals surface area contributed by atoms with Crippen LogP contribution in [0.3, 0.4) is 0 Å². The molecule has 0 unspecified atom stereocenters. The minimum absolute atomic E-state index is 0.0328. The second kappa shape index (κ2) is 6.73. The van der Waals surface area contributed by atoms with Crippen LogP contribution in [-0.4, -0.2) is 34.0 Å². The van der Waals surface area contributed by atoms with Gasteiger partial charge in [-0.25, -0.2) is 0 Å². The fraction of sp³-hybridized carbons (Fsp3) is 0.471. The molecule has 0 spiro atoms. The third kappa shape index (κ3) is 3.35. The maximum Gasteiger partial charge on any atom is 0.292 e. The number of aryl methyl sites for hydroxylation is 1. The van der Waals surface area contributed by atoms with Crippen LogP contribution < -0.4 is 0 Å². The molecule has 1 fully saturated rings. The molecule has 1 aliphatic rings. The molecule has 0 bridgehead atoms. The summed E-state index contributed by atoms with van der Waals surface area (Å²) in [7, 11) is 0. The number of hydrogen-bond donors (Lipinski definition) is 0. The van der Waals surface area contributed by atoms with E-state index in [4.69, 9.17) is 4.52 Å². The van der Waals surface area contributed by atoms with E-state index in [2.05, 4.69) is 22.3 Å². The molecule has 1 amide bonds. The highest BCUT2D eigenvalue weighted by atomic mass is 16.5. The molecule has 0 radical (unpaired) electrons. The molecular formula is C17H21N3O2. The molecule has 5 nitrogen and oxygen atoms in total. The van der Waals surface area contributed by atoms with Crippen molar-refractivity contribution >= 4 is 5.91 Å². The normalized spacial score (nSPS) is 16.0. The number of carbonyl (C=O) groups excluding carboxylic acids is 1. The van der Waals surface area contributed by atoms with Gasteiger partial charge in [-0.1, -0.05) is 12.1 Å². The third-order valence-electron chi connectivity index (χ3n) is 4.31. The molecule has 3 heterocycles. The molecular weight excluding hydrogens is 278 g/mol. The van der Waals surface area contributed by atoms with Crippen molar-refractivity contribution < 1.29 is 9.32 Å². The lowest BCUT2D eigenvalue weighted by Gasteiger charge is -2.31. The van der Waals surface area contributed by atoms with Crippen molar-refractivity contribution in [3.05, 3.63) is 47.6 Å². The summed E-state index contributed by atoms with van der Waals surface area (Å²) >= 11 is 0. The van der Waals surface area contributed by atoms with Gasteiger partial charge in [-0.2, -0.15) is 0 Å². The van der Waals surface area contributed by atoms with Gasteiger partial charge in [0.05, 0.1) is 5.69 Å². The SMILES string of the molecule is CCc1cc(C(=O)N2CCC(Cc3ccncc3)CC2)on1. The van der Waals surface area contributed by atoms with Crippen LogP contribution in [0.15, 0.2) is 35.1 Å². The molecule has 2 aromatic rings. The van der Waals surface area contributed by atoms with Crippen molar-refractivity contribution in [3.63, 3.8) is 0 Å². The van der Waals surface area contributed by atoms with Gasteiger partial charge in [0, 0.05) is 31.5 Å². The Kier molecular flexibility index (Phi) is 4.51. The minimum atomic E-state index is -0.0328. The van der Waals surface area contributed by atoms with Gasteiger partial charge in [-0.15, -0.1) is 0 Å². The molecule has 0 N–H and O–H groups in total. The Labute approximate surface area is 130 Å². The maximum atomic E-state index is 12.4. The van der Waals surface area contributed by atoms with Gasteiger partial charge in [-0.3, -0.25) is 9.78 Å². The Hall–Kier alpha value is -2.17. The van der Waals surface area contributed by atoms with E-state index in [0.717, 1.165) is 44.5 Å². The highest BCUT2D eigenvalue weighted by molar-refractivity contribution is 5.91. The van der Waals surface area contributed by atoms with Crippen molar-refractivity contribution in [1.82, 2.24) is 15.0 Å². The summed E-state index contributed by atoms with van der Waals surface area (Å²) in [6.45, 7) is 3.57. The largest absolute Gasteiger partial charge is 0.351 e. The monoisotopic (exact) mass is 299 g/mol. The van der Waals surface area contributed by atoms with E-state index >= 15 is 0 Å². The van der Waals surface area contributed by atoms with Crippen LogP contribution in [0.5, 0.6) is 0 Å². The first-order valence-corrected chi connectivity index (χ1v) is 7.90. The fourth-order valence-corrected chi connectivity index (χ4v) is 2.93. The lowest BCUT2D eigenvalue weighted by Crippen LogP contribution is -2.38. The van der Waals surface area contributed by atoms with E-state index in [1.165, 1.54) is 5.56 Å². The quantitative estimate of drug-likeness (QED) is 0.871. The Bertz CT molecular complexity index is 616. The van der Waals surface area contributed by atoms with E-state index in [9.17, 15) is 4.79 Å². The number of hydrogen-bond acceptors (Lipinski definition) is 4. The number of likely N-dealkylation sites (tertiary alicyclic amines) is 1. The molecule has 5 heteroatoms. The molecule has 1 saturated heterocycles. The highest BCUT2D eigenvalue weighted by Gasteiger charge is 2.26. The van der Waals surface area contributed by atoms with Crippen LogP contribution in [0.25, 0.3) is 0 Å². The van der Waals surface area contributed by atoms with Crippen molar-refractivity contribution in [3.8, 4) is 0 Å². The van der Waals surface area contributed by atoms with Crippen LogP contribution in [0.4, 0.5) is 0 Å². The second-order valence-corrected chi connectivity index (χ2v) is 5.83. The minimum Gasteiger partial charge on any atom is -0.351 e. The van der Waals surface area contributed by atoms with E-state index in [1.807, 2.05) is 24.2 Å². The van der Waals surface area contributed by atoms with Gasteiger partial charge in [0.2, 0.25) is 5.76 Å². The van der Waals surface area contributed by atoms with Gasteiger partial charge in [0.1, 0.15) is 0 Å². The Morgan fingerprint density at radius 2 is 2.05 bits per heavy atom. The summed E-state index contributed by atoms with van der Waals surface area (Å²) in [5, 5.41) is 3.89. The predicted molar refractivity (Wildman–Crippen MR) is 82.4 cm³/mol. The molecule has 0 atom stereocenters. The number of nitrogens with zero attached hydrogens (tertiary/aromatic N) is 3. The Morgan fingerprint density at radius 3 is 2.68 bits per heavy atom. The lowest BCUT2D eigenvalue weighted by atomic mass is 9.90. The molecule has 1 aliphatic heterocycles. The number of piperidine rings is 1. The number of rotatable bonds is 4. The van der Waals surface area contributed by atoms with Crippen LogP contribution in [0, 0.1) is 5.92 Å². The molecule has 116 valence electrons. The summed E-state index contributed by atoms with van der Waals surface area (Å²) < 4.78 is 5.14. The summed E-state index contributed by atoms with van der Waals surface area (Å²) in [6, 6.07) is 5.89. The van der Waals surface area contributed by atoms with Gasteiger partial charge in [0.15, 0.2) is 0 Å². The first-order chi connectivity index (χ1) is 10.8. The summed E-state index contributed by atoms with van der Waals surface area (Å²) in [5.41, 5.74) is 2.15. The molecule has 0 aliphatic carbocycles. The zero-order valence-corrected chi connectivity index (χ0v) is 12.9. The molecule has 22 heavy (non-hydrogen) atoms. The zero-order valence-electron chi connectivity index (χ0n) is 12.9. The van der Waals surface area contributed by atoms with Crippen molar-refractivity contribution in [1.29, 1.82) is 0 Å². The summed E-state index contributed by atoms with van der Waals surface area (Å²) in [6.07, 6.45) is 7.58. The van der Waals surface area contributed by atoms with Crippen molar-refractivity contribution in [2.75, 3.05) is 13.1 Å². The van der Waals surface area contributed by atoms with Crippen LogP contribution >= 0.6 is 0 Å². The van der Waals surface area contributed by atoms with Crippen molar-refractivity contribution in [2.45, 2.75) is 32.6 Å². The van der Waals surface area contributed by atoms with E-state index in [1.54, 1.807) is 6.07 Å². The average Bonchev–Trinajstić information content (AvgIpc) is 3.05. The first kappa shape index (κ1) is 14.8. The smallest absolute Gasteiger partial charge is 0.292 e. The van der Waals surface area contributed by atoms with Gasteiger partial charge in [0.25, 0.3) is 5.91 Å². The summed E-state index contributed by atoms with van der Waals surface area (Å²) in [5.74, 6) is 0.964. The lowest BCUT2D eigenvalue weighted by molar-refractivity contribution is 0.0648. The van der Waals surface area contributed by atoms with E-state index in [-0.39, 0.29) is 5.91 Å². The van der Waals surface area contributed by atoms with Crippen LogP contribution in [0.1, 0.15) is 41.6 Å². The predicted octanol–water partition coefficient (Wildman–Crippen LogP) is 2.73. The first-order valence-electron chi connectivity index (χ1n) is 7.90. The molecule has 0 aromatic carbocycles. The maximum absolute atomic E-state index is 12.4. The standard InChI is InChI=1S/C17H21N3O2/c1-2-15-12-16(22-19-15)17(21)20-9-5-14(6-10-20)11-13-3-7-18-8-4-13/h3-4,7-8,12,14H,2,5-6,9-11H2,1H3. The van der Waals surface area contributed by atoms with Crippen LogP contribution in [0.2, 0.25) is 0 Å². The number of pyridine rings is 1. The van der Waals surface area contributed by atoms with Gasteiger partial charge in [-0.05, 0) is 49.3 Å². The van der Waals surface area contributed by atoms with E-state index in [0.29, 0.717) is 11.7 Å². The molecule has 3 rings (SSSR count). The van der Waals surface area contributed by atoms with Gasteiger partial charge < -0.3 is 9.42 Å². The number of carbonyl (C=O) groups is 1. The number of aromatic nitrogens is 2. The zero-order chi connectivity index (χ0) is 15.4. The molecule has 2 aromatic heterocycles. The topological polar surface area (TPSA) is 59.2 Å². The Morgan fingerprint density at radius 1 is 1.32 bits per heavy atom. The highest BCUT2D eigenvalue weighted by Crippen LogP contribution is 2.22. The van der Waals surface area contributed by atoms with E-state index < -0.39 is 0 Å². The number of amides is 1. The molecule has 0 saturated carbocycles.